The molecule has 0 spiro atoms. The van der Waals surface area contributed by atoms with Crippen molar-refractivity contribution in [3.8, 4) is 0 Å². The second-order valence-electron chi connectivity index (χ2n) is 3.67. The largest absolute Gasteiger partial charge is 0.372 e. The number of thiophene rings is 1. The van der Waals surface area contributed by atoms with E-state index in [1.165, 1.54) is 10.4 Å². The second kappa shape index (κ2) is 3.78. The van der Waals surface area contributed by atoms with Crippen LogP contribution in [0.25, 0.3) is 0 Å². The zero-order valence-corrected chi connectivity index (χ0v) is 8.93. The summed E-state index contributed by atoms with van der Waals surface area (Å²) in [5, 5.41) is 2.17. The maximum absolute atomic E-state index is 5.74. The van der Waals surface area contributed by atoms with Gasteiger partial charge in [0.2, 0.25) is 0 Å². The first-order chi connectivity index (χ1) is 6.27. The van der Waals surface area contributed by atoms with E-state index in [-0.39, 0.29) is 0 Å². The zero-order valence-electron chi connectivity index (χ0n) is 8.12. The predicted octanol–water partition coefficient (Wildman–Crippen LogP) is 1.92. The van der Waals surface area contributed by atoms with Gasteiger partial charge in [-0.05, 0) is 31.1 Å². The highest BCUT2D eigenvalue weighted by Crippen LogP contribution is 2.30. The van der Waals surface area contributed by atoms with Crippen molar-refractivity contribution in [2.75, 3.05) is 27.2 Å². The zero-order chi connectivity index (χ0) is 9.26. The fourth-order valence-corrected chi connectivity index (χ4v) is 2.62. The topological polar surface area (TPSA) is 12.5 Å². The molecule has 72 valence electrons. The third-order valence-electron chi connectivity index (χ3n) is 2.31. The monoisotopic (exact) mass is 197 g/mol. The lowest BCUT2D eigenvalue weighted by Crippen LogP contribution is -2.25. The third-order valence-corrected chi connectivity index (χ3v) is 3.30. The molecule has 0 N–H and O–H groups in total. The minimum absolute atomic E-state index is 0.296. The molecule has 0 saturated heterocycles. The summed E-state index contributed by atoms with van der Waals surface area (Å²) in [5.74, 6) is 0. The Morgan fingerprint density at radius 3 is 3.23 bits per heavy atom. The van der Waals surface area contributed by atoms with Crippen LogP contribution in [0.3, 0.4) is 0 Å². The highest BCUT2D eigenvalue weighted by Gasteiger charge is 2.21. The Labute approximate surface area is 83.1 Å². The molecule has 1 aliphatic rings. The summed E-state index contributed by atoms with van der Waals surface area (Å²) >= 11 is 1.86. The van der Waals surface area contributed by atoms with Crippen molar-refractivity contribution < 1.29 is 4.74 Å². The van der Waals surface area contributed by atoms with Gasteiger partial charge < -0.3 is 9.64 Å². The molecule has 1 aromatic heterocycles. The molecule has 13 heavy (non-hydrogen) atoms. The molecule has 1 aliphatic heterocycles. The van der Waals surface area contributed by atoms with Gasteiger partial charge in [-0.1, -0.05) is 0 Å². The standard InChI is InChI=1S/C10H15NOS/c1-11(2)7-9-8-4-6-13-10(8)3-5-12-9/h4,6,9H,3,5,7H2,1-2H3. The number of rotatable bonds is 2. The number of nitrogens with zero attached hydrogens (tertiary/aromatic N) is 1. The van der Waals surface area contributed by atoms with Crippen LogP contribution in [0.15, 0.2) is 11.4 Å². The van der Waals surface area contributed by atoms with E-state index in [4.69, 9.17) is 4.74 Å². The molecule has 0 aromatic carbocycles. The fourth-order valence-electron chi connectivity index (χ4n) is 1.71. The Balaban J connectivity index is 2.15. The van der Waals surface area contributed by atoms with E-state index in [2.05, 4.69) is 30.4 Å². The van der Waals surface area contributed by atoms with Crippen molar-refractivity contribution in [3.63, 3.8) is 0 Å². The van der Waals surface area contributed by atoms with Crippen LogP contribution < -0.4 is 0 Å². The number of ether oxygens (including phenoxy) is 1. The van der Waals surface area contributed by atoms with Gasteiger partial charge in [-0.25, -0.2) is 0 Å². The van der Waals surface area contributed by atoms with Gasteiger partial charge in [-0.15, -0.1) is 11.3 Å². The van der Waals surface area contributed by atoms with Crippen molar-refractivity contribution in [2.45, 2.75) is 12.5 Å². The van der Waals surface area contributed by atoms with Gasteiger partial charge in [0.1, 0.15) is 0 Å². The molecular weight excluding hydrogens is 182 g/mol. The van der Waals surface area contributed by atoms with Gasteiger partial charge in [0.25, 0.3) is 0 Å². The number of likely N-dealkylation sites (N-methyl/N-ethyl adjacent to an activating group) is 1. The van der Waals surface area contributed by atoms with Crippen molar-refractivity contribution in [1.82, 2.24) is 4.90 Å². The molecule has 0 fully saturated rings. The van der Waals surface area contributed by atoms with Crippen LogP contribution in [0.2, 0.25) is 0 Å². The minimum atomic E-state index is 0.296. The Kier molecular flexibility index (Phi) is 2.67. The summed E-state index contributed by atoms with van der Waals surface area (Å²) in [6.45, 7) is 1.87. The molecule has 0 bridgehead atoms. The average Bonchev–Trinajstić information content (AvgIpc) is 2.51. The maximum atomic E-state index is 5.74. The lowest BCUT2D eigenvalue weighted by atomic mass is 10.1. The smallest absolute Gasteiger partial charge is 0.0962 e. The van der Waals surface area contributed by atoms with E-state index in [9.17, 15) is 0 Å². The molecule has 3 heteroatoms. The normalized spacial score (nSPS) is 21.9. The first-order valence-corrected chi connectivity index (χ1v) is 5.48. The van der Waals surface area contributed by atoms with Crippen LogP contribution in [0.5, 0.6) is 0 Å². The van der Waals surface area contributed by atoms with Crippen LogP contribution in [0.4, 0.5) is 0 Å². The molecule has 2 nitrogen and oxygen atoms in total. The van der Waals surface area contributed by atoms with Crippen molar-refractivity contribution in [2.24, 2.45) is 0 Å². The van der Waals surface area contributed by atoms with Gasteiger partial charge in [0.05, 0.1) is 12.7 Å². The number of fused-ring (bicyclic) bond motifs is 1. The number of hydrogen-bond acceptors (Lipinski definition) is 3. The van der Waals surface area contributed by atoms with E-state index in [1.807, 2.05) is 11.3 Å². The number of hydrogen-bond donors (Lipinski definition) is 0. The van der Waals surface area contributed by atoms with Crippen molar-refractivity contribution in [1.29, 1.82) is 0 Å². The SMILES string of the molecule is CN(C)CC1OCCc2sccc21. The Morgan fingerprint density at radius 1 is 1.62 bits per heavy atom. The van der Waals surface area contributed by atoms with Gasteiger partial charge >= 0.3 is 0 Å². The minimum Gasteiger partial charge on any atom is -0.372 e. The molecule has 1 atom stereocenters. The summed E-state index contributed by atoms with van der Waals surface area (Å²) in [5.41, 5.74) is 1.41. The maximum Gasteiger partial charge on any atom is 0.0962 e. The molecule has 0 amide bonds. The molecule has 1 aromatic rings. The van der Waals surface area contributed by atoms with Crippen LogP contribution in [0, 0.1) is 0 Å². The lowest BCUT2D eigenvalue weighted by Gasteiger charge is -2.25. The summed E-state index contributed by atoms with van der Waals surface area (Å²) in [4.78, 5) is 3.69. The van der Waals surface area contributed by atoms with E-state index in [0.717, 1.165) is 19.6 Å². The quantitative estimate of drug-likeness (QED) is 0.718. The molecule has 2 rings (SSSR count). The third kappa shape index (κ3) is 1.93. The Bertz CT molecular complexity index is 282. The van der Waals surface area contributed by atoms with Gasteiger partial charge in [0, 0.05) is 17.8 Å². The van der Waals surface area contributed by atoms with Gasteiger partial charge in [-0.2, -0.15) is 0 Å². The lowest BCUT2D eigenvalue weighted by molar-refractivity contribution is 0.0266. The Morgan fingerprint density at radius 2 is 2.46 bits per heavy atom. The molecule has 0 aliphatic carbocycles. The summed E-state index contributed by atoms with van der Waals surface area (Å²) in [7, 11) is 4.17. The molecular formula is C10H15NOS. The van der Waals surface area contributed by atoms with E-state index >= 15 is 0 Å². The van der Waals surface area contributed by atoms with Crippen molar-refractivity contribution in [3.05, 3.63) is 21.9 Å². The Hall–Kier alpha value is -0.380. The second-order valence-corrected chi connectivity index (χ2v) is 4.67. The van der Waals surface area contributed by atoms with E-state index in [0.29, 0.717) is 6.10 Å². The highest BCUT2D eigenvalue weighted by molar-refractivity contribution is 7.10. The molecule has 0 saturated carbocycles. The highest BCUT2D eigenvalue weighted by atomic mass is 32.1. The summed E-state index contributed by atoms with van der Waals surface area (Å²) < 4.78 is 5.74. The first-order valence-electron chi connectivity index (χ1n) is 4.60. The molecule has 0 radical (unpaired) electrons. The van der Waals surface area contributed by atoms with Gasteiger partial charge in [0.15, 0.2) is 0 Å². The van der Waals surface area contributed by atoms with Crippen LogP contribution >= 0.6 is 11.3 Å². The fraction of sp³-hybridized carbons (Fsp3) is 0.600. The van der Waals surface area contributed by atoms with E-state index < -0.39 is 0 Å². The van der Waals surface area contributed by atoms with Crippen LogP contribution in [-0.2, 0) is 11.2 Å². The average molecular weight is 197 g/mol. The first kappa shape index (κ1) is 9.19. The van der Waals surface area contributed by atoms with Crippen LogP contribution in [0.1, 0.15) is 16.5 Å². The summed E-state index contributed by atoms with van der Waals surface area (Å²) in [6, 6.07) is 2.20. The molecule has 1 unspecified atom stereocenters. The molecule has 2 heterocycles. The summed E-state index contributed by atoms with van der Waals surface area (Å²) in [6.07, 6.45) is 1.39. The van der Waals surface area contributed by atoms with E-state index in [1.54, 1.807) is 0 Å². The predicted molar refractivity (Wildman–Crippen MR) is 55.3 cm³/mol. The van der Waals surface area contributed by atoms with Crippen LogP contribution in [-0.4, -0.2) is 32.1 Å². The van der Waals surface area contributed by atoms with Crippen molar-refractivity contribution >= 4 is 11.3 Å². The van der Waals surface area contributed by atoms with Gasteiger partial charge in [-0.3, -0.25) is 0 Å².